The highest BCUT2D eigenvalue weighted by atomic mass is 35.5. The summed E-state index contributed by atoms with van der Waals surface area (Å²) in [6.45, 7) is 0. The number of hydrogen-bond acceptors (Lipinski definition) is 4. The van der Waals surface area contributed by atoms with Crippen LogP contribution in [-0.4, -0.2) is 16.0 Å². The first-order chi connectivity index (χ1) is 12.6. The molecule has 0 aliphatic carbocycles. The van der Waals surface area contributed by atoms with Gasteiger partial charge in [-0.15, -0.1) is 0 Å². The summed E-state index contributed by atoms with van der Waals surface area (Å²) in [6.07, 6.45) is 2.95. The highest BCUT2D eigenvalue weighted by Gasteiger charge is 2.07. The highest BCUT2D eigenvalue weighted by Crippen LogP contribution is 2.20. The Kier molecular flexibility index (Phi) is 5.32. The Labute approximate surface area is 155 Å². The zero-order valence-electron chi connectivity index (χ0n) is 13.5. The maximum absolute atomic E-state index is 12.1. The lowest BCUT2D eigenvalue weighted by atomic mass is 10.2. The molecule has 0 spiro atoms. The second-order valence-electron chi connectivity index (χ2n) is 5.22. The highest BCUT2D eigenvalue weighted by molar-refractivity contribution is 6.29. The fourth-order valence-corrected chi connectivity index (χ4v) is 2.23. The number of benzene rings is 1. The molecule has 0 saturated carbocycles. The molecule has 4 N–H and O–H groups in total. The number of pyridine rings is 2. The van der Waals surface area contributed by atoms with Crippen molar-refractivity contribution in [2.45, 2.75) is 0 Å². The van der Waals surface area contributed by atoms with Crippen molar-refractivity contribution in [3.8, 4) is 11.8 Å². The van der Waals surface area contributed by atoms with Gasteiger partial charge in [0.05, 0.1) is 17.6 Å². The predicted octanol–water partition coefficient (Wildman–Crippen LogP) is 3.76. The first kappa shape index (κ1) is 17.3. The molecule has 2 amide bonds. The van der Waals surface area contributed by atoms with Gasteiger partial charge in [-0.05, 0) is 30.2 Å². The van der Waals surface area contributed by atoms with Gasteiger partial charge >= 0.3 is 6.03 Å². The maximum atomic E-state index is 12.1. The molecule has 128 valence electrons. The van der Waals surface area contributed by atoms with Gasteiger partial charge in [-0.25, -0.2) is 14.8 Å². The first-order valence-corrected chi connectivity index (χ1v) is 8.00. The van der Waals surface area contributed by atoms with Gasteiger partial charge in [0.1, 0.15) is 10.8 Å². The summed E-state index contributed by atoms with van der Waals surface area (Å²) in [5.74, 6) is 5.98. The maximum Gasteiger partial charge on any atom is 0.323 e. The van der Waals surface area contributed by atoms with Gasteiger partial charge in [-0.3, -0.25) is 0 Å². The molecule has 0 radical (unpaired) electrons. The molecule has 0 aliphatic rings. The quantitative estimate of drug-likeness (QED) is 0.477. The van der Waals surface area contributed by atoms with E-state index in [9.17, 15) is 4.79 Å². The van der Waals surface area contributed by atoms with Crippen LogP contribution in [0.4, 0.5) is 21.9 Å². The number of anilines is 3. The van der Waals surface area contributed by atoms with Gasteiger partial charge in [-0.2, -0.15) is 0 Å². The number of carbonyl (C=O) groups is 1. The zero-order valence-corrected chi connectivity index (χ0v) is 14.3. The average Bonchev–Trinajstić information content (AvgIpc) is 2.64. The summed E-state index contributed by atoms with van der Waals surface area (Å²) in [5.41, 5.74) is 8.42. The molecular weight excluding hydrogens is 350 g/mol. The van der Waals surface area contributed by atoms with Gasteiger partial charge in [-0.1, -0.05) is 35.7 Å². The number of rotatable bonds is 2. The largest absolute Gasteiger partial charge is 0.396 e. The zero-order chi connectivity index (χ0) is 18.4. The minimum absolute atomic E-state index is 0.233. The van der Waals surface area contributed by atoms with E-state index in [0.29, 0.717) is 22.8 Å². The molecule has 26 heavy (non-hydrogen) atoms. The fraction of sp³-hybridized carbons (Fsp3) is 0. The summed E-state index contributed by atoms with van der Waals surface area (Å²) in [7, 11) is 0. The van der Waals surface area contributed by atoms with Crippen LogP contribution in [0.1, 0.15) is 11.3 Å². The number of halogens is 1. The van der Waals surface area contributed by atoms with Crippen molar-refractivity contribution in [1.82, 2.24) is 9.97 Å². The van der Waals surface area contributed by atoms with Crippen molar-refractivity contribution < 1.29 is 4.79 Å². The standard InChI is InChI=1S/C19H14ClN5O/c20-18-11-17(16(21)12-23-18)25-19(26)24-15-8-9-22-14(10-15)7-6-13-4-2-1-3-5-13/h1-5,8-12H,21H2,(H2,22,23,24,25,26). The first-order valence-electron chi connectivity index (χ1n) is 7.62. The smallest absolute Gasteiger partial charge is 0.323 e. The molecule has 0 fully saturated rings. The number of nitrogen functional groups attached to an aromatic ring is 1. The average molecular weight is 364 g/mol. The number of carbonyl (C=O) groups excluding carboxylic acids is 1. The van der Waals surface area contributed by atoms with Crippen molar-refractivity contribution >= 4 is 34.7 Å². The van der Waals surface area contributed by atoms with Crippen LogP contribution in [0.25, 0.3) is 0 Å². The minimum Gasteiger partial charge on any atom is -0.396 e. The van der Waals surface area contributed by atoms with Gasteiger partial charge in [0.2, 0.25) is 0 Å². The van der Waals surface area contributed by atoms with Crippen molar-refractivity contribution in [2.24, 2.45) is 0 Å². The van der Waals surface area contributed by atoms with Gasteiger partial charge in [0, 0.05) is 23.5 Å². The van der Waals surface area contributed by atoms with Crippen LogP contribution in [0.15, 0.2) is 60.9 Å². The molecule has 0 saturated heterocycles. The van der Waals surface area contributed by atoms with E-state index >= 15 is 0 Å². The van der Waals surface area contributed by atoms with E-state index in [1.807, 2.05) is 30.3 Å². The molecule has 3 rings (SSSR count). The number of hydrogen-bond donors (Lipinski definition) is 3. The molecule has 7 heteroatoms. The number of urea groups is 1. The Hall–Kier alpha value is -3.56. The predicted molar refractivity (Wildman–Crippen MR) is 103 cm³/mol. The summed E-state index contributed by atoms with van der Waals surface area (Å²) < 4.78 is 0. The van der Waals surface area contributed by atoms with E-state index in [0.717, 1.165) is 5.56 Å². The number of aromatic nitrogens is 2. The molecule has 2 aromatic heterocycles. The second-order valence-corrected chi connectivity index (χ2v) is 5.61. The Morgan fingerprint density at radius 1 is 1.04 bits per heavy atom. The third kappa shape index (κ3) is 4.72. The number of nitrogens with zero attached hydrogens (tertiary/aromatic N) is 2. The molecule has 0 bridgehead atoms. The van der Waals surface area contributed by atoms with Crippen LogP contribution in [0.3, 0.4) is 0 Å². The van der Waals surface area contributed by atoms with Crippen molar-refractivity contribution in [3.63, 3.8) is 0 Å². The minimum atomic E-state index is -0.466. The lowest BCUT2D eigenvalue weighted by molar-refractivity contribution is 0.262. The van der Waals surface area contributed by atoms with E-state index in [4.69, 9.17) is 17.3 Å². The van der Waals surface area contributed by atoms with Crippen LogP contribution in [0, 0.1) is 11.8 Å². The molecule has 6 nitrogen and oxygen atoms in total. The molecule has 0 aliphatic heterocycles. The van der Waals surface area contributed by atoms with Crippen molar-refractivity contribution in [3.05, 3.63) is 77.3 Å². The van der Waals surface area contributed by atoms with E-state index < -0.39 is 6.03 Å². The van der Waals surface area contributed by atoms with Crippen LogP contribution >= 0.6 is 11.6 Å². The monoisotopic (exact) mass is 363 g/mol. The van der Waals surface area contributed by atoms with Crippen LogP contribution < -0.4 is 16.4 Å². The SMILES string of the molecule is Nc1cnc(Cl)cc1NC(=O)Nc1ccnc(C#Cc2ccccc2)c1. The Bertz CT molecular complexity index is 996. The van der Waals surface area contributed by atoms with E-state index in [1.54, 1.807) is 18.3 Å². The lowest BCUT2D eigenvalue weighted by Gasteiger charge is -2.09. The molecule has 3 aromatic rings. The number of nitrogens with two attached hydrogens (primary N) is 1. The molecule has 1 aromatic carbocycles. The molecular formula is C19H14ClN5O. The van der Waals surface area contributed by atoms with Crippen molar-refractivity contribution in [2.75, 3.05) is 16.4 Å². The van der Waals surface area contributed by atoms with Gasteiger partial charge in [0.15, 0.2) is 0 Å². The summed E-state index contributed by atoms with van der Waals surface area (Å²) in [5, 5.41) is 5.55. The topological polar surface area (TPSA) is 92.9 Å². The molecule has 0 atom stereocenters. The van der Waals surface area contributed by atoms with Crippen molar-refractivity contribution in [1.29, 1.82) is 0 Å². The molecule has 2 heterocycles. The Morgan fingerprint density at radius 2 is 1.85 bits per heavy atom. The van der Waals surface area contributed by atoms with Gasteiger partial charge < -0.3 is 16.4 Å². The molecule has 0 unspecified atom stereocenters. The normalized spacial score (nSPS) is 9.73. The number of nitrogens with one attached hydrogen (secondary N) is 2. The third-order valence-electron chi connectivity index (χ3n) is 3.28. The summed E-state index contributed by atoms with van der Waals surface area (Å²) >= 11 is 5.80. The van der Waals surface area contributed by atoms with Crippen LogP contribution in [0.5, 0.6) is 0 Å². The Balaban J connectivity index is 1.70. The third-order valence-corrected chi connectivity index (χ3v) is 3.48. The summed E-state index contributed by atoms with van der Waals surface area (Å²) in [4.78, 5) is 20.2. The van der Waals surface area contributed by atoms with Crippen LogP contribution in [-0.2, 0) is 0 Å². The lowest BCUT2D eigenvalue weighted by Crippen LogP contribution is -2.20. The number of amides is 2. The van der Waals surface area contributed by atoms with E-state index in [-0.39, 0.29) is 5.15 Å². The van der Waals surface area contributed by atoms with E-state index in [2.05, 4.69) is 32.4 Å². The van der Waals surface area contributed by atoms with Crippen LogP contribution in [0.2, 0.25) is 5.15 Å². The van der Waals surface area contributed by atoms with E-state index in [1.165, 1.54) is 12.3 Å². The van der Waals surface area contributed by atoms with Gasteiger partial charge in [0.25, 0.3) is 0 Å². The Morgan fingerprint density at radius 3 is 2.65 bits per heavy atom. The summed E-state index contributed by atoms with van der Waals surface area (Å²) in [6, 6.07) is 13.9. The fourth-order valence-electron chi connectivity index (χ4n) is 2.07. The second kappa shape index (κ2) is 8.01.